The summed E-state index contributed by atoms with van der Waals surface area (Å²) in [5.41, 5.74) is 1.38. The van der Waals surface area contributed by atoms with Gasteiger partial charge in [-0.1, -0.05) is 81.3 Å². The summed E-state index contributed by atoms with van der Waals surface area (Å²) >= 11 is 0. The third kappa shape index (κ3) is 9.40. The van der Waals surface area contributed by atoms with Crippen LogP contribution in [0, 0.1) is 0 Å². The Balaban J connectivity index is 1.44. The van der Waals surface area contributed by atoms with Crippen molar-refractivity contribution in [1.29, 1.82) is 0 Å². The lowest BCUT2D eigenvalue weighted by Gasteiger charge is -2.27. The second kappa shape index (κ2) is 14.3. The molecule has 38 heavy (non-hydrogen) atoms. The summed E-state index contributed by atoms with van der Waals surface area (Å²) in [6, 6.07) is 7.19. The number of unbranched alkanes of at least 4 members (excludes halogenated alkanes) is 7. The molecule has 2 amide bonds. The van der Waals surface area contributed by atoms with Crippen molar-refractivity contribution < 1.29 is 23.2 Å². The Morgan fingerprint density at radius 3 is 2.39 bits per heavy atom. The Labute approximate surface area is 225 Å². The molecule has 0 radical (unpaired) electrons. The van der Waals surface area contributed by atoms with Crippen LogP contribution in [0.15, 0.2) is 28.8 Å². The predicted molar refractivity (Wildman–Crippen MR) is 144 cm³/mol. The van der Waals surface area contributed by atoms with E-state index in [-0.39, 0.29) is 25.4 Å². The number of rotatable bonds is 13. The van der Waals surface area contributed by atoms with E-state index in [9.17, 15) is 14.0 Å². The van der Waals surface area contributed by atoms with Crippen molar-refractivity contribution in [3.05, 3.63) is 35.7 Å². The number of ether oxygens (including phenoxy) is 1. The van der Waals surface area contributed by atoms with Gasteiger partial charge in [-0.2, -0.15) is 4.98 Å². The first-order chi connectivity index (χ1) is 18.2. The van der Waals surface area contributed by atoms with E-state index in [1.165, 1.54) is 56.9 Å². The van der Waals surface area contributed by atoms with Crippen LogP contribution in [0.4, 0.5) is 9.18 Å². The smallest absolute Gasteiger partial charge is 0.411 e. The zero-order chi connectivity index (χ0) is 27.5. The number of nitrogens with zero attached hydrogens (tertiary/aromatic N) is 3. The van der Waals surface area contributed by atoms with Crippen LogP contribution in [0.5, 0.6) is 0 Å². The minimum absolute atomic E-state index is 0.0159. The Kier molecular flexibility index (Phi) is 11.1. The number of likely N-dealkylation sites (tertiary alicyclic amines) is 1. The highest BCUT2D eigenvalue weighted by Gasteiger charge is 2.41. The van der Waals surface area contributed by atoms with Crippen molar-refractivity contribution in [3.8, 4) is 11.4 Å². The van der Waals surface area contributed by atoms with Crippen molar-refractivity contribution in [2.24, 2.45) is 0 Å². The van der Waals surface area contributed by atoms with Crippen molar-refractivity contribution in [2.75, 3.05) is 6.54 Å². The van der Waals surface area contributed by atoms with Crippen LogP contribution in [0.25, 0.3) is 11.4 Å². The second-order valence-electron chi connectivity index (χ2n) is 11.1. The highest BCUT2D eigenvalue weighted by Crippen LogP contribution is 2.24. The van der Waals surface area contributed by atoms with Gasteiger partial charge in [0.25, 0.3) is 0 Å². The van der Waals surface area contributed by atoms with Gasteiger partial charge in [0.15, 0.2) is 0 Å². The first-order valence-electron chi connectivity index (χ1n) is 14.0. The molecule has 2 atom stereocenters. The SMILES string of the molecule is CCCCCCCCCCc1ccc(-c2noc(CNC(=O)[C@@H]3C[C@@H](F)CN3C(=O)OC(C)(C)C)n2)cc1. The van der Waals surface area contributed by atoms with E-state index in [1.54, 1.807) is 20.8 Å². The zero-order valence-electron chi connectivity index (χ0n) is 23.3. The van der Waals surface area contributed by atoms with Crippen molar-refractivity contribution >= 4 is 12.0 Å². The lowest BCUT2D eigenvalue weighted by molar-refractivity contribution is -0.125. The summed E-state index contributed by atoms with van der Waals surface area (Å²) in [6.45, 7) is 7.22. The second-order valence-corrected chi connectivity index (χ2v) is 11.1. The fourth-order valence-corrected chi connectivity index (χ4v) is 4.56. The highest BCUT2D eigenvalue weighted by molar-refractivity contribution is 5.86. The monoisotopic (exact) mass is 530 g/mol. The van der Waals surface area contributed by atoms with Gasteiger partial charge in [-0.15, -0.1) is 0 Å². The topological polar surface area (TPSA) is 97.6 Å². The van der Waals surface area contributed by atoms with Crippen LogP contribution in [-0.2, 0) is 22.5 Å². The van der Waals surface area contributed by atoms with Gasteiger partial charge < -0.3 is 14.6 Å². The first kappa shape index (κ1) is 29.6. The van der Waals surface area contributed by atoms with Crippen LogP contribution in [0.2, 0.25) is 0 Å². The average Bonchev–Trinajstić information content (AvgIpc) is 3.50. The summed E-state index contributed by atoms with van der Waals surface area (Å²) in [4.78, 5) is 30.7. The average molecular weight is 531 g/mol. The largest absolute Gasteiger partial charge is 0.444 e. The van der Waals surface area contributed by atoms with Crippen LogP contribution in [-0.4, -0.2) is 51.4 Å². The summed E-state index contributed by atoms with van der Waals surface area (Å²) in [7, 11) is 0. The number of hydrogen-bond donors (Lipinski definition) is 1. The Bertz CT molecular complexity index is 1020. The maximum absolute atomic E-state index is 14.0. The van der Waals surface area contributed by atoms with Crippen molar-refractivity contribution in [2.45, 2.75) is 116 Å². The molecule has 210 valence electrons. The van der Waals surface area contributed by atoms with E-state index in [4.69, 9.17) is 9.26 Å². The van der Waals surface area contributed by atoms with Crippen LogP contribution < -0.4 is 5.32 Å². The first-order valence-corrected chi connectivity index (χ1v) is 14.0. The van der Waals surface area contributed by atoms with Gasteiger partial charge in [0, 0.05) is 12.0 Å². The predicted octanol–water partition coefficient (Wildman–Crippen LogP) is 6.38. The third-order valence-corrected chi connectivity index (χ3v) is 6.59. The fourth-order valence-electron chi connectivity index (χ4n) is 4.56. The van der Waals surface area contributed by atoms with Gasteiger partial charge in [0.05, 0.1) is 13.1 Å². The van der Waals surface area contributed by atoms with Gasteiger partial charge in [-0.05, 0) is 39.2 Å². The molecule has 0 spiro atoms. The van der Waals surface area contributed by atoms with E-state index in [0.717, 1.165) is 16.9 Å². The summed E-state index contributed by atoms with van der Waals surface area (Å²) in [5, 5.41) is 6.70. The molecule has 2 aromatic rings. The molecule has 1 aliphatic rings. The number of carbonyl (C=O) groups is 2. The van der Waals surface area contributed by atoms with Gasteiger partial charge >= 0.3 is 6.09 Å². The van der Waals surface area contributed by atoms with Gasteiger partial charge in [0.2, 0.25) is 17.6 Å². The molecule has 9 heteroatoms. The molecule has 1 fully saturated rings. The van der Waals surface area contributed by atoms with Gasteiger partial charge in [0.1, 0.15) is 17.8 Å². The van der Waals surface area contributed by atoms with E-state index in [0.29, 0.717) is 5.82 Å². The highest BCUT2D eigenvalue weighted by atomic mass is 19.1. The number of amides is 2. The number of benzene rings is 1. The standard InChI is InChI=1S/C29H43FN4O4/c1-5-6-7-8-9-10-11-12-13-21-14-16-22(17-15-21)26-32-25(38-33-26)19-31-27(35)24-18-23(30)20-34(24)28(36)37-29(2,3)4/h14-17,23-24H,5-13,18-20H2,1-4H3,(H,31,35)/t23-,24+/m1/s1. The molecule has 8 nitrogen and oxygen atoms in total. The molecule has 1 aromatic heterocycles. The van der Waals surface area contributed by atoms with E-state index in [2.05, 4.69) is 34.5 Å². The molecule has 2 heterocycles. The van der Waals surface area contributed by atoms with Crippen molar-refractivity contribution in [1.82, 2.24) is 20.4 Å². The quantitative estimate of drug-likeness (QED) is 0.302. The van der Waals surface area contributed by atoms with Crippen LogP contribution in [0.1, 0.15) is 96.9 Å². The lowest BCUT2D eigenvalue weighted by Crippen LogP contribution is -2.47. The molecule has 1 saturated heterocycles. The number of halogens is 1. The Morgan fingerprint density at radius 2 is 1.74 bits per heavy atom. The number of aryl methyl sites for hydroxylation is 1. The zero-order valence-corrected chi connectivity index (χ0v) is 23.3. The molecule has 0 saturated carbocycles. The molecule has 0 bridgehead atoms. The number of alkyl halides is 1. The molecule has 0 aliphatic carbocycles. The number of aromatic nitrogens is 2. The summed E-state index contributed by atoms with van der Waals surface area (Å²) < 4.78 is 24.7. The lowest BCUT2D eigenvalue weighted by atomic mass is 10.0. The molecule has 1 aromatic carbocycles. The molecular weight excluding hydrogens is 487 g/mol. The molecule has 1 N–H and O–H groups in total. The van der Waals surface area contributed by atoms with E-state index < -0.39 is 29.8 Å². The van der Waals surface area contributed by atoms with Crippen molar-refractivity contribution in [3.63, 3.8) is 0 Å². The molecular formula is C29H43FN4O4. The summed E-state index contributed by atoms with van der Waals surface area (Å²) in [6.07, 6.45) is 9.41. The maximum atomic E-state index is 14.0. The molecule has 0 unspecified atom stereocenters. The van der Waals surface area contributed by atoms with E-state index >= 15 is 0 Å². The molecule has 1 aliphatic heterocycles. The van der Waals surface area contributed by atoms with Crippen LogP contribution in [0.3, 0.4) is 0 Å². The molecule has 3 rings (SSSR count). The number of carbonyl (C=O) groups excluding carboxylic acids is 2. The van der Waals surface area contributed by atoms with E-state index in [1.807, 2.05) is 12.1 Å². The van der Waals surface area contributed by atoms with Gasteiger partial charge in [-0.3, -0.25) is 9.69 Å². The third-order valence-electron chi connectivity index (χ3n) is 6.59. The maximum Gasteiger partial charge on any atom is 0.411 e. The Morgan fingerprint density at radius 1 is 1.08 bits per heavy atom. The minimum atomic E-state index is -1.29. The van der Waals surface area contributed by atoms with Crippen LogP contribution >= 0.6 is 0 Å². The fraction of sp³-hybridized carbons (Fsp3) is 0.655. The number of hydrogen-bond acceptors (Lipinski definition) is 6. The van der Waals surface area contributed by atoms with Gasteiger partial charge in [-0.25, -0.2) is 9.18 Å². The normalized spacial score (nSPS) is 17.6. The number of nitrogens with one attached hydrogen (secondary N) is 1. The summed E-state index contributed by atoms with van der Waals surface area (Å²) in [5.74, 6) is 0.184. The Hall–Kier alpha value is -2.97. The minimum Gasteiger partial charge on any atom is -0.444 e.